The first-order chi connectivity index (χ1) is 10.2. The van der Waals surface area contributed by atoms with Gasteiger partial charge in [0.05, 0.1) is 6.61 Å². The average molecular weight is 291 g/mol. The molecule has 1 aromatic rings. The van der Waals surface area contributed by atoms with Crippen LogP contribution in [0.25, 0.3) is 0 Å². The second kappa shape index (κ2) is 8.03. The lowest BCUT2D eigenvalue weighted by Gasteiger charge is -2.32. The van der Waals surface area contributed by atoms with Crippen LogP contribution in [0.3, 0.4) is 0 Å². The SMILES string of the molecule is CCOCC1CCCN(C(=O)COc2ccccc2C)C1. The number of carbonyl (C=O) groups excluding carboxylic acids is 1. The Morgan fingerprint density at radius 3 is 2.95 bits per heavy atom. The predicted octanol–water partition coefficient (Wildman–Crippen LogP) is 2.65. The molecule has 0 spiro atoms. The van der Waals surface area contributed by atoms with E-state index in [1.807, 2.05) is 43.0 Å². The number of carbonyl (C=O) groups is 1. The van der Waals surface area contributed by atoms with Crippen molar-refractivity contribution < 1.29 is 14.3 Å². The summed E-state index contributed by atoms with van der Waals surface area (Å²) in [5.74, 6) is 1.31. The Bertz CT molecular complexity index is 461. The van der Waals surface area contributed by atoms with Crippen molar-refractivity contribution >= 4 is 5.91 Å². The molecule has 1 fully saturated rings. The molecule has 1 amide bonds. The van der Waals surface area contributed by atoms with Gasteiger partial charge in [0.15, 0.2) is 6.61 Å². The summed E-state index contributed by atoms with van der Waals surface area (Å²) in [4.78, 5) is 14.2. The van der Waals surface area contributed by atoms with Crippen LogP contribution in [0.1, 0.15) is 25.3 Å². The topological polar surface area (TPSA) is 38.8 Å². The van der Waals surface area contributed by atoms with Crippen LogP contribution < -0.4 is 4.74 Å². The van der Waals surface area contributed by atoms with Crippen molar-refractivity contribution in [3.05, 3.63) is 29.8 Å². The van der Waals surface area contributed by atoms with Crippen LogP contribution in [-0.4, -0.2) is 43.7 Å². The standard InChI is InChI=1S/C17H25NO3/c1-3-20-12-15-8-6-10-18(11-15)17(19)13-21-16-9-5-4-7-14(16)2/h4-5,7,9,15H,3,6,8,10-13H2,1-2H3. The van der Waals surface area contributed by atoms with Crippen LogP contribution in [0.2, 0.25) is 0 Å². The van der Waals surface area contributed by atoms with Crippen LogP contribution in [-0.2, 0) is 9.53 Å². The molecular formula is C17H25NO3. The van der Waals surface area contributed by atoms with Crippen molar-refractivity contribution in [1.29, 1.82) is 0 Å². The number of rotatable bonds is 6. The maximum absolute atomic E-state index is 12.3. The number of benzene rings is 1. The molecule has 0 radical (unpaired) electrons. The summed E-state index contributed by atoms with van der Waals surface area (Å²) in [6.07, 6.45) is 2.19. The molecule has 0 aliphatic carbocycles. The van der Waals surface area contributed by atoms with Crippen LogP contribution in [0.4, 0.5) is 0 Å². The lowest BCUT2D eigenvalue weighted by molar-refractivity contribution is -0.135. The lowest BCUT2D eigenvalue weighted by Crippen LogP contribution is -2.43. The van der Waals surface area contributed by atoms with E-state index in [-0.39, 0.29) is 12.5 Å². The quantitative estimate of drug-likeness (QED) is 0.809. The van der Waals surface area contributed by atoms with E-state index in [4.69, 9.17) is 9.47 Å². The molecule has 4 heteroatoms. The Kier molecular flexibility index (Phi) is 6.05. The molecule has 0 N–H and O–H groups in total. The maximum Gasteiger partial charge on any atom is 0.260 e. The summed E-state index contributed by atoms with van der Waals surface area (Å²) in [7, 11) is 0. The van der Waals surface area contributed by atoms with Crippen LogP contribution in [0.5, 0.6) is 5.75 Å². The second-order valence-electron chi connectivity index (χ2n) is 5.56. The van der Waals surface area contributed by atoms with Gasteiger partial charge >= 0.3 is 0 Å². The molecule has 2 rings (SSSR count). The summed E-state index contributed by atoms with van der Waals surface area (Å²) in [6.45, 7) is 7.21. The maximum atomic E-state index is 12.3. The van der Waals surface area contributed by atoms with Crippen molar-refractivity contribution in [2.45, 2.75) is 26.7 Å². The molecule has 0 saturated carbocycles. The fourth-order valence-electron chi connectivity index (χ4n) is 2.66. The fraction of sp³-hybridized carbons (Fsp3) is 0.588. The number of likely N-dealkylation sites (tertiary alicyclic amines) is 1. The third kappa shape index (κ3) is 4.74. The molecule has 4 nitrogen and oxygen atoms in total. The molecule has 0 aromatic heterocycles. The van der Waals surface area contributed by atoms with Gasteiger partial charge in [0.1, 0.15) is 5.75 Å². The van der Waals surface area contributed by atoms with Gasteiger partial charge in [-0.3, -0.25) is 4.79 Å². The Hall–Kier alpha value is -1.55. The van der Waals surface area contributed by atoms with Gasteiger partial charge in [0.2, 0.25) is 0 Å². The van der Waals surface area contributed by atoms with Gasteiger partial charge in [0.25, 0.3) is 5.91 Å². The van der Waals surface area contributed by atoms with Gasteiger partial charge in [-0.15, -0.1) is 0 Å². The molecule has 1 saturated heterocycles. The van der Waals surface area contributed by atoms with Crippen molar-refractivity contribution in [2.75, 3.05) is 32.9 Å². The molecule has 116 valence electrons. The largest absolute Gasteiger partial charge is 0.484 e. The number of ether oxygens (including phenoxy) is 2. The van der Waals surface area contributed by atoms with E-state index in [9.17, 15) is 4.79 Å². The highest BCUT2D eigenvalue weighted by atomic mass is 16.5. The smallest absolute Gasteiger partial charge is 0.260 e. The number of hydrogen-bond acceptors (Lipinski definition) is 3. The van der Waals surface area contributed by atoms with E-state index < -0.39 is 0 Å². The third-order valence-corrected chi connectivity index (χ3v) is 3.87. The second-order valence-corrected chi connectivity index (χ2v) is 5.56. The average Bonchev–Trinajstić information content (AvgIpc) is 2.52. The minimum Gasteiger partial charge on any atom is -0.484 e. The van der Waals surface area contributed by atoms with Gasteiger partial charge < -0.3 is 14.4 Å². The van der Waals surface area contributed by atoms with Gasteiger partial charge in [0, 0.05) is 19.7 Å². The molecule has 0 bridgehead atoms. The van der Waals surface area contributed by atoms with Crippen LogP contribution >= 0.6 is 0 Å². The van der Waals surface area contributed by atoms with E-state index in [1.165, 1.54) is 0 Å². The zero-order chi connectivity index (χ0) is 15.1. The highest BCUT2D eigenvalue weighted by Crippen LogP contribution is 2.19. The van der Waals surface area contributed by atoms with E-state index in [0.717, 1.165) is 50.5 Å². The molecule has 1 heterocycles. The Labute approximate surface area is 127 Å². The Balaban J connectivity index is 1.81. The highest BCUT2D eigenvalue weighted by molar-refractivity contribution is 5.77. The van der Waals surface area contributed by atoms with Crippen LogP contribution in [0, 0.1) is 12.8 Å². The fourth-order valence-corrected chi connectivity index (χ4v) is 2.66. The molecule has 1 unspecified atom stereocenters. The van der Waals surface area contributed by atoms with Gasteiger partial charge in [-0.25, -0.2) is 0 Å². The van der Waals surface area contributed by atoms with Gasteiger partial charge in [-0.2, -0.15) is 0 Å². The lowest BCUT2D eigenvalue weighted by atomic mass is 9.99. The monoisotopic (exact) mass is 291 g/mol. The molecule has 1 aliphatic heterocycles. The molecular weight excluding hydrogens is 266 g/mol. The summed E-state index contributed by atoms with van der Waals surface area (Å²) < 4.78 is 11.1. The zero-order valence-corrected chi connectivity index (χ0v) is 13.0. The number of piperidine rings is 1. The number of nitrogens with zero attached hydrogens (tertiary/aromatic N) is 1. The Morgan fingerprint density at radius 2 is 2.19 bits per heavy atom. The van der Waals surface area contributed by atoms with Crippen molar-refractivity contribution in [2.24, 2.45) is 5.92 Å². The first-order valence-electron chi connectivity index (χ1n) is 7.74. The van der Waals surface area contributed by atoms with Gasteiger partial charge in [-0.05, 0) is 44.2 Å². The summed E-state index contributed by atoms with van der Waals surface area (Å²) in [6, 6.07) is 7.77. The number of aryl methyl sites for hydroxylation is 1. The van der Waals surface area contributed by atoms with E-state index >= 15 is 0 Å². The van der Waals surface area contributed by atoms with Crippen molar-refractivity contribution in [1.82, 2.24) is 4.90 Å². The molecule has 1 aromatic carbocycles. The number of hydrogen-bond donors (Lipinski definition) is 0. The molecule has 21 heavy (non-hydrogen) atoms. The van der Waals surface area contributed by atoms with Crippen molar-refractivity contribution in [3.63, 3.8) is 0 Å². The number of amides is 1. The first-order valence-corrected chi connectivity index (χ1v) is 7.74. The van der Waals surface area contributed by atoms with Crippen molar-refractivity contribution in [3.8, 4) is 5.75 Å². The molecule has 1 atom stereocenters. The summed E-state index contributed by atoms with van der Waals surface area (Å²) >= 11 is 0. The van der Waals surface area contributed by atoms with E-state index in [2.05, 4.69) is 0 Å². The van der Waals surface area contributed by atoms with Crippen LogP contribution in [0.15, 0.2) is 24.3 Å². The predicted molar refractivity (Wildman–Crippen MR) is 82.5 cm³/mol. The normalized spacial score (nSPS) is 18.6. The molecule has 1 aliphatic rings. The highest BCUT2D eigenvalue weighted by Gasteiger charge is 2.23. The van der Waals surface area contributed by atoms with E-state index in [0.29, 0.717) is 5.92 Å². The first kappa shape index (κ1) is 15.8. The minimum atomic E-state index is 0.0689. The van der Waals surface area contributed by atoms with E-state index in [1.54, 1.807) is 0 Å². The Morgan fingerprint density at radius 1 is 1.38 bits per heavy atom. The minimum absolute atomic E-state index is 0.0689. The third-order valence-electron chi connectivity index (χ3n) is 3.87. The number of para-hydroxylation sites is 1. The zero-order valence-electron chi connectivity index (χ0n) is 13.0. The summed E-state index contributed by atoms with van der Waals surface area (Å²) in [5.41, 5.74) is 1.05. The van der Waals surface area contributed by atoms with Gasteiger partial charge in [-0.1, -0.05) is 18.2 Å². The summed E-state index contributed by atoms with van der Waals surface area (Å²) in [5, 5.41) is 0.